The van der Waals surface area contributed by atoms with Crippen molar-refractivity contribution in [3.8, 4) is 5.75 Å². The van der Waals surface area contributed by atoms with Gasteiger partial charge >= 0.3 is 0 Å². The topological polar surface area (TPSA) is 31.5 Å². The highest BCUT2D eigenvalue weighted by Gasteiger charge is 2.46. The van der Waals surface area contributed by atoms with Crippen molar-refractivity contribution in [1.82, 2.24) is 14.8 Å². The lowest BCUT2D eigenvalue weighted by Crippen LogP contribution is -2.57. The molecule has 6 heteroatoms. The van der Waals surface area contributed by atoms with Crippen molar-refractivity contribution in [1.29, 1.82) is 0 Å². The zero-order chi connectivity index (χ0) is 24.8. The summed E-state index contributed by atoms with van der Waals surface area (Å²) in [5.41, 5.74) is 2.88. The average molecular weight is 482 g/mol. The SMILES string of the molecule is C[C@@H]1Cc2c([nH]c3ccccc23)[C@@](C)(c2ccc(OCCN3CC(CF)C3)cc2)N1CC(C)(C)F. The van der Waals surface area contributed by atoms with Crippen molar-refractivity contribution in [3.05, 3.63) is 65.4 Å². The van der Waals surface area contributed by atoms with Crippen LogP contribution in [-0.4, -0.2) is 66.0 Å². The number of H-pyrrole nitrogens is 1. The van der Waals surface area contributed by atoms with Gasteiger partial charge < -0.3 is 9.72 Å². The number of benzene rings is 2. The molecule has 3 aromatic rings. The van der Waals surface area contributed by atoms with Crippen molar-refractivity contribution in [3.63, 3.8) is 0 Å². The van der Waals surface area contributed by atoms with E-state index in [1.165, 1.54) is 10.9 Å². The number of hydrogen-bond donors (Lipinski definition) is 1. The van der Waals surface area contributed by atoms with E-state index in [9.17, 15) is 4.39 Å². The number of rotatable bonds is 8. The van der Waals surface area contributed by atoms with Gasteiger partial charge in [-0.1, -0.05) is 30.3 Å². The van der Waals surface area contributed by atoms with Crippen LogP contribution in [0.3, 0.4) is 0 Å². The zero-order valence-electron chi connectivity index (χ0n) is 21.3. The van der Waals surface area contributed by atoms with Crippen LogP contribution in [0, 0.1) is 5.92 Å². The van der Waals surface area contributed by atoms with E-state index in [1.54, 1.807) is 13.8 Å². The number of nitrogens with one attached hydrogen (secondary N) is 1. The van der Waals surface area contributed by atoms with E-state index in [0.29, 0.717) is 13.2 Å². The van der Waals surface area contributed by atoms with Crippen LogP contribution in [0.15, 0.2) is 48.5 Å². The Morgan fingerprint density at radius 2 is 1.83 bits per heavy atom. The third kappa shape index (κ3) is 4.58. The monoisotopic (exact) mass is 481 g/mol. The lowest BCUT2D eigenvalue weighted by Gasteiger charge is -2.50. The number of likely N-dealkylation sites (tertiary alicyclic amines) is 1. The maximum Gasteiger partial charge on any atom is 0.119 e. The van der Waals surface area contributed by atoms with E-state index in [-0.39, 0.29) is 18.6 Å². The predicted octanol–water partition coefficient (Wildman–Crippen LogP) is 5.71. The maximum absolute atomic E-state index is 15.0. The molecule has 2 aromatic carbocycles. The molecule has 0 unspecified atom stereocenters. The molecule has 0 radical (unpaired) electrons. The second kappa shape index (κ2) is 9.21. The van der Waals surface area contributed by atoms with Gasteiger partial charge in [0.15, 0.2) is 0 Å². The molecule has 2 aliphatic rings. The Bertz CT molecular complexity index is 1160. The first kappa shape index (κ1) is 24.3. The number of para-hydroxylation sites is 1. The van der Waals surface area contributed by atoms with Crippen molar-refractivity contribution in [2.24, 2.45) is 5.92 Å². The third-order valence-corrected chi connectivity index (χ3v) is 7.80. The molecule has 35 heavy (non-hydrogen) atoms. The molecule has 1 N–H and O–H groups in total. The molecule has 2 aliphatic heterocycles. The lowest BCUT2D eigenvalue weighted by atomic mass is 9.77. The van der Waals surface area contributed by atoms with Crippen LogP contribution in [0.1, 0.15) is 44.5 Å². The van der Waals surface area contributed by atoms with Gasteiger partial charge in [0, 0.05) is 54.7 Å². The number of fused-ring (bicyclic) bond motifs is 3. The predicted molar refractivity (Wildman–Crippen MR) is 138 cm³/mol. The number of aromatic amines is 1. The van der Waals surface area contributed by atoms with Gasteiger partial charge in [-0.25, -0.2) is 4.39 Å². The molecule has 0 spiro atoms. The Hall–Kier alpha value is -2.44. The summed E-state index contributed by atoms with van der Waals surface area (Å²) in [7, 11) is 0. The fourth-order valence-electron chi connectivity index (χ4n) is 5.97. The first-order valence-electron chi connectivity index (χ1n) is 12.8. The van der Waals surface area contributed by atoms with E-state index in [4.69, 9.17) is 4.74 Å². The molecule has 2 atom stereocenters. The summed E-state index contributed by atoms with van der Waals surface area (Å²) in [6, 6.07) is 16.9. The molecular weight excluding hydrogens is 444 g/mol. The summed E-state index contributed by atoms with van der Waals surface area (Å²) in [5.74, 6) is 1.01. The summed E-state index contributed by atoms with van der Waals surface area (Å²) >= 11 is 0. The molecule has 4 nitrogen and oxygen atoms in total. The fourth-order valence-corrected chi connectivity index (χ4v) is 5.97. The lowest BCUT2D eigenvalue weighted by molar-refractivity contribution is 0.0192. The zero-order valence-corrected chi connectivity index (χ0v) is 21.3. The Labute approximate surface area is 207 Å². The summed E-state index contributed by atoms with van der Waals surface area (Å²) in [4.78, 5) is 8.23. The highest BCUT2D eigenvalue weighted by molar-refractivity contribution is 5.85. The van der Waals surface area contributed by atoms with Gasteiger partial charge in [0.2, 0.25) is 0 Å². The van der Waals surface area contributed by atoms with Gasteiger partial charge in [0.25, 0.3) is 0 Å². The third-order valence-electron chi connectivity index (χ3n) is 7.80. The molecule has 0 saturated carbocycles. The second-order valence-electron chi connectivity index (χ2n) is 11.1. The van der Waals surface area contributed by atoms with Crippen molar-refractivity contribution >= 4 is 10.9 Å². The van der Waals surface area contributed by atoms with Gasteiger partial charge in [-0.15, -0.1) is 0 Å². The molecule has 5 rings (SSSR count). The Morgan fingerprint density at radius 3 is 2.51 bits per heavy atom. The minimum atomic E-state index is -1.32. The van der Waals surface area contributed by atoms with E-state index in [0.717, 1.165) is 48.6 Å². The van der Waals surface area contributed by atoms with Gasteiger partial charge in [0.05, 0.1) is 12.2 Å². The molecule has 3 heterocycles. The van der Waals surface area contributed by atoms with Gasteiger partial charge in [-0.05, 0) is 63.4 Å². The molecule has 0 bridgehead atoms. The number of hydrogen-bond acceptors (Lipinski definition) is 3. The number of halogens is 2. The highest BCUT2D eigenvalue weighted by Crippen LogP contribution is 2.46. The molecule has 1 saturated heterocycles. The van der Waals surface area contributed by atoms with Crippen LogP contribution >= 0.6 is 0 Å². The quantitative estimate of drug-likeness (QED) is 0.447. The largest absolute Gasteiger partial charge is 0.492 e. The second-order valence-corrected chi connectivity index (χ2v) is 11.1. The highest BCUT2D eigenvalue weighted by atomic mass is 19.1. The Balaban J connectivity index is 1.43. The molecule has 0 aliphatic carbocycles. The first-order valence-corrected chi connectivity index (χ1v) is 12.8. The van der Waals surface area contributed by atoms with Gasteiger partial charge in [-0.2, -0.15) is 0 Å². The van der Waals surface area contributed by atoms with Crippen molar-refractivity contribution in [2.75, 3.05) is 39.5 Å². The van der Waals surface area contributed by atoms with Crippen LogP contribution in [0.5, 0.6) is 5.75 Å². The van der Waals surface area contributed by atoms with E-state index in [2.05, 4.69) is 65.0 Å². The summed E-state index contributed by atoms with van der Waals surface area (Å²) in [6.07, 6.45) is 0.881. The first-order chi connectivity index (χ1) is 16.7. The average Bonchev–Trinajstić information content (AvgIpc) is 3.17. The summed E-state index contributed by atoms with van der Waals surface area (Å²) < 4.78 is 33.7. The minimum Gasteiger partial charge on any atom is -0.492 e. The Kier molecular flexibility index (Phi) is 6.39. The molecule has 1 aromatic heterocycles. The van der Waals surface area contributed by atoms with E-state index >= 15 is 4.39 Å². The number of alkyl halides is 2. The van der Waals surface area contributed by atoms with Crippen LogP contribution < -0.4 is 4.74 Å². The van der Waals surface area contributed by atoms with Crippen LogP contribution in [0.25, 0.3) is 10.9 Å². The fraction of sp³-hybridized carbons (Fsp3) is 0.517. The standard InChI is InChI=1S/C29H37F2N3O/c1-20-15-25-24-7-5-6-8-26(24)32-27(25)29(4,34(20)19-28(2,3)31)22-9-11-23(12-10-22)35-14-13-33-17-21(16-30)18-33/h5-12,20-21,32H,13-19H2,1-4H3/t20-,29-/m1/s1. The van der Waals surface area contributed by atoms with Crippen molar-refractivity contribution in [2.45, 2.75) is 51.4 Å². The molecule has 0 amide bonds. The molecular formula is C29H37F2N3O. The molecule has 188 valence electrons. The molecule has 1 fully saturated rings. The van der Waals surface area contributed by atoms with Crippen molar-refractivity contribution < 1.29 is 13.5 Å². The smallest absolute Gasteiger partial charge is 0.119 e. The van der Waals surface area contributed by atoms with E-state index in [1.807, 2.05) is 12.1 Å². The van der Waals surface area contributed by atoms with Crippen LogP contribution in [-0.2, 0) is 12.0 Å². The summed E-state index contributed by atoms with van der Waals surface area (Å²) in [6.45, 7) is 10.9. The minimum absolute atomic E-state index is 0.183. The Morgan fingerprint density at radius 1 is 1.11 bits per heavy atom. The number of aromatic nitrogens is 1. The number of ether oxygens (including phenoxy) is 1. The van der Waals surface area contributed by atoms with Gasteiger partial charge in [-0.3, -0.25) is 14.2 Å². The summed E-state index contributed by atoms with van der Waals surface area (Å²) in [5, 5.41) is 1.25. The van der Waals surface area contributed by atoms with Gasteiger partial charge in [0.1, 0.15) is 18.0 Å². The maximum atomic E-state index is 15.0. The normalized spacial score (nSPS) is 23.9. The van der Waals surface area contributed by atoms with E-state index < -0.39 is 11.2 Å². The number of nitrogens with zero attached hydrogens (tertiary/aromatic N) is 2. The van der Waals surface area contributed by atoms with Crippen LogP contribution in [0.4, 0.5) is 8.78 Å². The van der Waals surface area contributed by atoms with Crippen LogP contribution in [0.2, 0.25) is 0 Å².